The highest BCUT2D eigenvalue weighted by molar-refractivity contribution is 5.68. The summed E-state index contributed by atoms with van der Waals surface area (Å²) in [5.74, 6) is 0.738. The summed E-state index contributed by atoms with van der Waals surface area (Å²) in [6.07, 6.45) is 9.53. The Hall–Kier alpha value is -0.790. The van der Waals surface area contributed by atoms with Gasteiger partial charge in [-0.05, 0) is 18.8 Å². The molecule has 2 heteroatoms. The second-order valence-corrected chi connectivity index (χ2v) is 5.08. The fourth-order valence-corrected chi connectivity index (χ4v) is 3.05. The van der Waals surface area contributed by atoms with Gasteiger partial charge in [-0.3, -0.25) is 5.01 Å². The lowest BCUT2D eigenvalue weighted by molar-refractivity contribution is 0.0427. The first-order valence-electron chi connectivity index (χ1n) is 5.20. The summed E-state index contributed by atoms with van der Waals surface area (Å²) in [6.45, 7) is 4.60. The van der Waals surface area contributed by atoms with Gasteiger partial charge in [0.05, 0.1) is 12.1 Å². The molecule has 0 amide bonds. The zero-order chi connectivity index (χ0) is 9.05. The van der Waals surface area contributed by atoms with E-state index in [2.05, 4.69) is 42.3 Å². The second kappa shape index (κ2) is 2.17. The molecule has 4 rings (SSSR count). The van der Waals surface area contributed by atoms with Crippen molar-refractivity contribution in [1.29, 1.82) is 0 Å². The van der Waals surface area contributed by atoms with Crippen molar-refractivity contribution in [3.8, 4) is 0 Å². The quantitative estimate of drug-likeness (QED) is 0.516. The summed E-state index contributed by atoms with van der Waals surface area (Å²) in [4.78, 5) is 0. The van der Waals surface area contributed by atoms with E-state index in [1.54, 1.807) is 0 Å². The van der Waals surface area contributed by atoms with Gasteiger partial charge in [-0.15, -0.1) is 0 Å². The summed E-state index contributed by atoms with van der Waals surface area (Å²) in [7, 11) is 0. The van der Waals surface area contributed by atoms with Crippen LogP contribution in [0.2, 0.25) is 0 Å². The van der Waals surface area contributed by atoms with Crippen molar-refractivity contribution in [3.05, 3.63) is 12.2 Å². The van der Waals surface area contributed by atoms with E-state index >= 15 is 0 Å². The third kappa shape index (κ3) is 0.862. The number of rotatable bonds is 0. The van der Waals surface area contributed by atoms with Gasteiger partial charge < -0.3 is 0 Å². The molecule has 1 aliphatic carbocycles. The Morgan fingerprint density at radius 1 is 1.31 bits per heavy atom. The van der Waals surface area contributed by atoms with Crippen molar-refractivity contribution in [2.75, 3.05) is 0 Å². The maximum Gasteiger partial charge on any atom is 0.0654 e. The number of nitrogens with zero attached hydrogens (tertiary/aromatic N) is 2. The number of hydrogen-bond donors (Lipinski definition) is 0. The molecule has 0 aromatic heterocycles. The molecular weight excluding hydrogens is 160 g/mol. The number of piperidine rings is 1. The normalized spacial score (nSPS) is 44.2. The second-order valence-electron chi connectivity index (χ2n) is 5.08. The van der Waals surface area contributed by atoms with Crippen LogP contribution in [-0.2, 0) is 0 Å². The SMILES string of the molecule is CC1(C)C=NN2[C@H]1[C@H]1C=C[C@H]2CC1. The van der Waals surface area contributed by atoms with E-state index in [0.29, 0.717) is 12.1 Å². The molecule has 13 heavy (non-hydrogen) atoms. The van der Waals surface area contributed by atoms with Crippen LogP contribution in [0, 0.1) is 11.3 Å². The minimum Gasteiger partial charge on any atom is -0.286 e. The molecule has 3 aliphatic heterocycles. The molecular formula is C11H16N2. The Morgan fingerprint density at radius 2 is 2.15 bits per heavy atom. The summed E-state index contributed by atoms with van der Waals surface area (Å²) in [5, 5.41) is 6.88. The van der Waals surface area contributed by atoms with Crippen LogP contribution in [0.1, 0.15) is 26.7 Å². The van der Waals surface area contributed by atoms with Crippen LogP contribution in [0.15, 0.2) is 17.3 Å². The van der Waals surface area contributed by atoms with E-state index in [9.17, 15) is 0 Å². The van der Waals surface area contributed by atoms with E-state index in [0.717, 1.165) is 5.92 Å². The van der Waals surface area contributed by atoms with Gasteiger partial charge in [0.1, 0.15) is 0 Å². The predicted molar refractivity (Wildman–Crippen MR) is 53.6 cm³/mol. The maximum absolute atomic E-state index is 4.55. The third-order valence-corrected chi connectivity index (χ3v) is 3.69. The molecule has 0 radical (unpaired) electrons. The Labute approximate surface area is 79.3 Å². The van der Waals surface area contributed by atoms with Crippen molar-refractivity contribution in [1.82, 2.24) is 5.01 Å². The predicted octanol–water partition coefficient (Wildman–Crippen LogP) is 2.03. The zero-order valence-electron chi connectivity index (χ0n) is 8.27. The van der Waals surface area contributed by atoms with Crippen molar-refractivity contribution in [2.24, 2.45) is 16.4 Å². The highest BCUT2D eigenvalue weighted by Crippen LogP contribution is 2.45. The average molecular weight is 176 g/mol. The minimum atomic E-state index is 0.272. The monoisotopic (exact) mass is 176 g/mol. The molecule has 0 aromatic carbocycles. The third-order valence-electron chi connectivity index (χ3n) is 3.69. The molecule has 0 N–H and O–H groups in total. The molecule has 0 unspecified atom stereocenters. The molecule has 3 atom stereocenters. The van der Waals surface area contributed by atoms with Crippen molar-refractivity contribution in [2.45, 2.75) is 38.8 Å². The van der Waals surface area contributed by atoms with Crippen molar-refractivity contribution >= 4 is 6.21 Å². The Morgan fingerprint density at radius 3 is 2.77 bits per heavy atom. The maximum atomic E-state index is 4.55. The van der Waals surface area contributed by atoms with Gasteiger partial charge in [-0.1, -0.05) is 26.0 Å². The van der Waals surface area contributed by atoms with Crippen LogP contribution in [0.4, 0.5) is 0 Å². The largest absolute Gasteiger partial charge is 0.286 e. The molecule has 1 fully saturated rings. The smallest absolute Gasteiger partial charge is 0.0654 e. The van der Waals surface area contributed by atoms with Crippen LogP contribution in [0.5, 0.6) is 0 Å². The molecule has 4 aliphatic rings. The van der Waals surface area contributed by atoms with Crippen LogP contribution in [0.3, 0.4) is 0 Å². The summed E-state index contributed by atoms with van der Waals surface area (Å²) >= 11 is 0. The average Bonchev–Trinajstić information content (AvgIpc) is 2.47. The van der Waals surface area contributed by atoms with Crippen molar-refractivity contribution < 1.29 is 0 Å². The van der Waals surface area contributed by atoms with E-state index in [1.807, 2.05) is 0 Å². The summed E-state index contributed by atoms with van der Waals surface area (Å²) < 4.78 is 0. The summed E-state index contributed by atoms with van der Waals surface area (Å²) in [5.41, 5.74) is 0.272. The molecule has 0 saturated carbocycles. The zero-order valence-corrected chi connectivity index (χ0v) is 8.27. The Balaban J connectivity index is 2.03. The van der Waals surface area contributed by atoms with Gasteiger partial charge in [-0.2, -0.15) is 5.10 Å². The molecule has 2 bridgehead atoms. The molecule has 2 nitrogen and oxygen atoms in total. The first-order valence-corrected chi connectivity index (χ1v) is 5.20. The van der Waals surface area contributed by atoms with Crippen LogP contribution in [-0.4, -0.2) is 23.3 Å². The lowest BCUT2D eigenvalue weighted by Gasteiger charge is -2.47. The van der Waals surface area contributed by atoms with Gasteiger partial charge in [0.25, 0.3) is 0 Å². The van der Waals surface area contributed by atoms with Gasteiger partial charge in [0, 0.05) is 11.6 Å². The van der Waals surface area contributed by atoms with E-state index in [1.165, 1.54) is 12.8 Å². The highest BCUT2D eigenvalue weighted by atomic mass is 15.5. The first kappa shape index (κ1) is 7.60. The fourth-order valence-electron chi connectivity index (χ4n) is 3.05. The minimum absolute atomic E-state index is 0.272. The first-order chi connectivity index (χ1) is 6.18. The van der Waals surface area contributed by atoms with Gasteiger partial charge in [0.2, 0.25) is 0 Å². The topological polar surface area (TPSA) is 15.6 Å². The Bertz CT molecular complexity index is 290. The molecule has 0 spiro atoms. The summed E-state index contributed by atoms with van der Waals surface area (Å²) in [6, 6.07) is 1.23. The van der Waals surface area contributed by atoms with E-state index < -0.39 is 0 Å². The van der Waals surface area contributed by atoms with Crippen LogP contribution < -0.4 is 0 Å². The lowest BCUT2D eigenvalue weighted by Crippen LogP contribution is -2.52. The lowest BCUT2D eigenvalue weighted by atomic mass is 9.71. The van der Waals surface area contributed by atoms with Crippen LogP contribution >= 0.6 is 0 Å². The van der Waals surface area contributed by atoms with E-state index in [-0.39, 0.29) is 5.41 Å². The van der Waals surface area contributed by atoms with Gasteiger partial charge in [0.15, 0.2) is 0 Å². The molecule has 3 heterocycles. The standard InChI is InChI=1S/C11H16N2/c1-11(2)7-12-13-9-5-3-8(4-6-9)10(11)13/h3,5,7-10H,4,6H2,1-2H3/t8-,9-,10-/m0/s1. The number of fused-ring (bicyclic) bond motifs is 1. The van der Waals surface area contributed by atoms with Gasteiger partial charge in [-0.25, -0.2) is 0 Å². The molecule has 1 saturated heterocycles. The van der Waals surface area contributed by atoms with E-state index in [4.69, 9.17) is 0 Å². The van der Waals surface area contributed by atoms with Crippen molar-refractivity contribution in [3.63, 3.8) is 0 Å². The highest BCUT2D eigenvalue weighted by Gasteiger charge is 2.48. The number of hydrogen-bond acceptors (Lipinski definition) is 2. The van der Waals surface area contributed by atoms with Crippen LogP contribution in [0.25, 0.3) is 0 Å². The number of hydrazone groups is 1. The fraction of sp³-hybridized carbons (Fsp3) is 0.727. The Kier molecular flexibility index (Phi) is 1.27. The molecule has 70 valence electrons. The molecule has 0 aromatic rings. The van der Waals surface area contributed by atoms with Gasteiger partial charge >= 0.3 is 0 Å².